The molecule has 5 nitrogen and oxygen atoms in total. The lowest BCUT2D eigenvalue weighted by Gasteiger charge is -2.33. The lowest BCUT2D eigenvalue weighted by Crippen LogP contribution is -2.40. The minimum absolute atomic E-state index is 0.107. The number of hydrogen-bond acceptors (Lipinski definition) is 3. The number of rotatable bonds is 5. The largest absolute Gasteiger partial charge is 0.361 e. The van der Waals surface area contributed by atoms with E-state index in [1.165, 1.54) is 23.4 Å². The van der Waals surface area contributed by atoms with Crippen LogP contribution in [0.3, 0.4) is 0 Å². The highest BCUT2D eigenvalue weighted by Gasteiger charge is 2.27. The van der Waals surface area contributed by atoms with Crippen molar-refractivity contribution in [3.8, 4) is 0 Å². The molecule has 0 aliphatic carbocycles. The number of aromatic nitrogens is 1. The maximum Gasteiger partial charge on any atom is 0.225 e. The zero-order valence-electron chi connectivity index (χ0n) is 16.0. The normalized spacial score (nSPS) is 16.2. The number of para-hydroxylation sites is 1. The quantitative estimate of drug-likeness (QED) is 0.680. The van der Waals surface area contributed by atoms with Gasteiger partial charge in [-0.2, -0.15) is 0 Å². The van der Waals surface area contributed by atoms with E-state index in [-0.39, 0.29) is 17.9 Å². The molecule has 0 saturated carbocycles. The highest BCUT2D eigenvalue weighted by molar-refractivity contribution is 7.10. The van der Waals surface area contributed by atoms with Gasteiger partial charge in [-0.25, -0.2) is 0 Å². The fourth-order valence-electron chi connectivity index (χ4n) is 4.13. The highest BCUT2D eigenvalue weighted by atomic mass is 32.1. The van der Waals surface area contributed by atoms with Crippen LogP contribution < -0.4 is 5.32 Å². The summed E-state index contributed by atoms with van der Waals surface area (Å²) >= 11 is 1.57. The van der Waals surface area contributed by atoms with Gasteiger partial charge in [-0.3, -0.25) is 9.59 Å². The summed E-state index contributed by atoms with van der Waals surface area (Å²) in [5, 5.41) is 6.18. The summed E-state index contributed by atoms with van der Waals surface area (Å²) in [6.45, 7) is 3.03. The molecular formula is C22H25N3O2S. The molecule has 146 valence electrons. The number of H-pyrrole nitrogens is 1. The molecule has 2 N–H and O–H groups in total. The Bertz CT molecular complexity index is 955. The molecule has 1 aliphatic rings. The summed E-state index contributed by atoms with van der Waals surface area (Å²) in [4.78, 5) is 30.8. The second kappa shape index (κ2) is 8.19. The van der Waals surface area contributed by atoms with Gasteiger partial charge in [-0.05, 0) is 41.8 Å². The SMILES string of the molecule is CC(=O)N[C@@H](CC(=O)N1CCC(c2c[nH]c3ccccc23)CC1)c1cccs1. The van der Waals surface area contributed by atoms with Crippen LogP contribution in [0.1, 0.15) is 48.6 Å². The van der Waals surface area contributed by atoms with Crippen molar-refractivity contribution in [1.82, 2.24) is 15.2 Å². The van der Waals surface area contributed by atoms with E-state index in [9.17, 15) is 9.59 Å². The smallest absolute Gasteiger partial charge is 0.225 e. The molecule has 1 fully saturated rings. The van der Waals surface area contributed by atoms with Crippen molar-refractivity contribution in [3.05, 3.63) is 58.4 Å². The number of likely N-dealkylation sites (tertiary alicyclic amines) is 1. The van der Waals surface area contributed by atoms with Crippen LogP contribution in [0.4, 0.5) is 0 Å². The molecule has 4 rings (SSSR count). The first kappa shape index (κ1) is 18.7. The third-order valence-electron chi connectivity index (χ3n) is 5.55. The molecule has 3 heterocycles. The first-order chi connectivity index (χ1) is 13.6. The zero-order chi connectivity index (χ0) is 19.5. The molecule has 0 spiro atoms. The highest BCUT2D eigenvalue weighted by Crippen LogP contribution is 2.33. The van der Waals surface area contributed by atoms with Crippen LogP contribution in [-0.4, -0.2) is 34.8 Å². The number of aromatic amines is 1. The van der Waals surface area contributed by atoms with E-state index >= 15 is 0 Å². The molecule has 1 aliphatic heterocycles. The van der Waals surface area contributed by atoms with Gasteiger partial charge < -0.3 is 15.2 Å². The molecule has 3 aromatic rings. The van der Waals surface area contributed by atoms with Crippen LogP contribution in [0.5, 0.6) is 0 Å². The number of benzene rings is 1. The lowest BCUT2D eigenvalue weighted by molar-refractivity contribution is -0.133. The van der Waals surface area contributed by atoms with Gasteiger partial charge in [0.25, 0.3) is 0 Å². The molecule has 2 amide bonds. The summed E-state index contributed by atoms with van der Waals surface area (Å²) in [5.41, 5.74) is 2.53. The molecule has 1 aromatic carbocycles. The van der Waals surface area contributed by atoms with Gasteiger partial charge in [-0.15, -0.1) is 11.3 Å². The van der Waals surface area contributed by atoms with Crippen molar-refractivity contribution in [2.24, 2.45) is 0 Å². The monoisotopic (exact) mass is 395 g/mol. The minimum Gasteiger partial charge on any atom is -0.361 e. The molecule has 6 heteroatoms. The molecule has 1 saturated heterocycles. The standard InChI is InChI=1S/C22H25N3O2S/c1-15(26)24-20(21-7-4-12-28-21)13-22(27)25-10-8-16(9-11-25)18-14-23-19-6-3-2-5-17(18)19/h2-7,12,14,16,20,23H,8-11,13H2,1H3,(H,24,26)/t20-/m0/s1. The van der Waals surface area contributed by atoms with Gasteiger partial charge in [0.05, 0.1) is 12.5 Å². The predicted molar refractivity (Wildman–Crippen MR) is 112 cm³/mol. The number of nitrogens with zero attached hydrogens (tertiary/aromatic N) is 1. The maximum atomic E-state index is 12.9. The fourth-order valence-corrected chi connectivity index (χ4v) is 4.91. The third-order valence-corrected chi connectivity index (χ3v) is 6.54. The first-order valence-electron chi connectivity index (χ1n) is 9.76. The first-order valence-corrected chi connectivity index (χ1v) is 10.6. The van der Waals surface area contributed by atoms with Crippen molar-refractivity contribution in [2.45, 2.75) is 38.1 Å². The molecule has 2 aromatic heterocycles. The van der Waals surface area contributed by atoms with E-state index in [0.29, 0.717) is 12.3 Å². The minimum atomic E-state index is -0.239. The number of hydrogen-bond donors (Lipinski definition) is 2. The molecule has 0 radical (unpaired) electrons. The van der Waals surface area contributed by atoms with Gasteiger partial charge in [0.15, 0.2) is 0 Å². The van der Waals surface area contributed by atoms with Crippen LogP contribution in [0.25, 0.3) is 10.9 Å². The Labute approximate surface area is 168 Å². The van der Waals surface area contributed by atoms with Crippen LogP contribution >= 0.6 is 11.3 Å². The summed E-state index contributed by atoms with van der Waals surface area (Å²) < 4.78 is 0. The zero-order valence-corrected chi connectivity index (χ0v) is 16.8. The van der Waals surface area contributed by atoms with Crippen molar-refractivity contribution in [2.75, 3.05) is 13.1 Å². The topological polar surface area (TPSA) is 65.2 Å². The summed E-state index contributed by atoms with van der Waals surface area (Å²) in [7, 11) is 0. The number of amides is 2. The average Bonchev–Trinajstić information content (AvgIpc) is 3.37. The Balaban J connectivity index is 1.39. The molecule has 1 atom stereocenters. The van der Waals surface area contributed by atoms with Crippen molar-refractivity contribution in [1.29, 1.82) is 0 Å². The molecular weight excluding hydrogens is 370 g/mol. The number of piperidine rings is 1. The maximum absolute atomic E-state index is 12.9. The van der Waals surface area contributed by atoms with Gasteiger partial charge in [0.2, 0.25) is 11.8 Å². The number of nitrogens with one attached hydrogen (secondary N) is 2. The Kier molecular flexibility index (Phi) is 5.48. The van der Waals surface area contributed by atoms with Gasteiger partial charge >= 0.3 is 0 Å². The predicted octanol–water partition coefficient (Wildman–Crippen LogP) is 4.20. The van der Waals surface area contributed by atoms with E-state index < -0.39 is 0 Å². The molecule has 0 unspecified atom stereocenters. The van der Waals surface area contributed by atoms with E-state index in [0.717, 1.165) is 30.8 Å². The van der Waals surface area contributed by atoms with E-state index in [2.05, 4.69) is 34.7 Å². The van der Waals surface area contributed by atoms with Gasteiger partial charge in [-0.1, -0.05) is 24.3 Å². The fraction of sp³-hybridized carbons (Fsp3) is 0.364. The van der Waals surface area contributed by atoms with Crippen LogP contribution in [-0.2, 0) is 9.59 Å². The lowest BCUT2D eigenvalue weighted by atomic mass is 9.89. The van der Waals surface area contributed by atoms with Crippen molar-refractivity contribution < 1.29 is 9.59 Å². The summed E-state index contributed by atoms with van der Waals surface area (Å²) in [6.07, 6.45) is 4.38. The summed E-state index contributed by atoms with van der Waals surface area (Å²) in [5.74, 6) is 0.484. The van der Waals surface area contributed by atoms with Crippen molar-refractivity contribution in [3.63, 3.8) is 0 Å². The van der Waals surface area contributed by atoms with E-state index in [1.807, 2.05) is 28.5 Å². The second-order valence-electron chi connectivity index (χ2n) is 7.42. The Hall–Kier alpha value is -2.60. The van der Waals surface area contributed by atoms with Gasteiger partial charge in [0, 0.05) is 42.0 Å². The van der Waals surface area contributed by atoms with Crippen LogP contribution in [0, 0.1) is 0 Å². The number of thiophene rings is 1. The Morgan fingerprint density at radius 2 is 2.00 bits per heavy atom. The van der Waals surface area contributed by atoms with Crippen molar-refractivity contribution >= 4 is 34.1 Å². The summed E-state index contributed by atoms with van der Waals surface area (Å²) in [6, 6.07) is 12.1. The third kappa shape index (κ3) is 3.97. The van der Waals surface area contributed by atoms with E-state index in [4.69, 9.17) is 0 Å². The number of carbonyl (C=O) groups is 2. The Morgan fingerprint density at radius 3 is 2.71 bits per heavy atom. The molecule has 0 bridgehead atoms. The Morgan fingerprint density at radius 1 is 1.21 bits per heavy atom. The second-order valence-corrected chi connectivity index (χ2v) is 8.40. The van der Waals surface area contributed by atoms with Crippen LogP contribution in [0.15, 0.2) is 48.0 Å². The number of carbonyl (C=O) groups excluding carboxylic acids is 2. The van der Waals surface area contributed by atoms with Crippen LogP contribution in [0.2, 0.25) is 0 Å². The van der Waals surface area contributed by atoms with E-state index in [1.54, 1.807) is 11.3 Å². The number of fused-ring (bicyclic) bond motifs is 1. The van der Waals surface area contributed by atoms with Gasteiger partial charge in [0.1, 0.15) is 0 Å². The molecule has 28 heavy (non-hydrogen) atoms. The average molecular weight is 396 g/mol.